The predicted octanol–water partition coefficient (Wildman–Crippen LogP) is 3.06. The molecule has 0 amide bonds. The van der Waals surface area contributed by atoms with Gasteiger partial charge in [-0.3, -0.25) is 0 Å². The third-order valence-electron chi connectivity index (χ3n) is 3.69. The van der Waals surface area contributed by atoms with Crippen LogP contribution in [0.25, 0.3) is 0 Å². The standard InChI is InChI=1S/C15H22ClNO3S/c1-2-17(11-15-5-3-4-10-20-15)21(18,19)12-13-6-8-14(16)9-7-13/h6-9,15H,2-5,10-12H2,1H3/t15-/m1/s1. The number of hydrogen-bond donors (Lipinski definition) is 0. The summed E-state index contributed by atoms with van der Waals surface area (Å²) in [5, 5.41) is 0.610. The monoisotopic (exact) mass is 331 g/mol. The summed E-state index contributed by atoms with van der Waals surface area (Å²) in [5.74, 6) is 0.00469. The molecule has 1 saturated heterocycles. The summed E-state index contributed by atoms with van der Waals surface area (Å²) in [7, 11) is -3.33. The summed E-state index contributed by atoms with van der Waals surface area (Å²) in [6.07, 6.45) is 3.14. The largest absolute Gasteiger partial charge is 0.377 e. The van der Waals surface area contributed by atoms with Gasteiger partial charge in [-0.05, 0) is 37.0 Å². The highest BCUT2D eigenvalue weighted by atomic mass is 35.5. The van der Waals surface area contributed by atoms with Crippen LogP contribution < -0.4 is 0 Å². The maximum atomic E-state index is 12.5. The first kappa shape index (κ1) is 16.7. The molecule has 1 aliphatic heterocycles. The quantitative estimate of drug-likeness (QED) is 0.804. The lowest BCUT2D eigenvalue weighted by molar-refractivity contribution is 0.00668. The van der Waals surface area contributed by atoms with E-state index in [1.807, 2.05) is 6.92 Å². The van der Waals surface area contributed by atoms with Crippen molar-refractivity contribution in [2.45, 2.75) is 38.0 Å². The molecule has 0 aromatic heterocycles. The lowest BCUT2D eigenvalue weighted by Crippen LogP contribution is -2.40. The van der Waals surface area contributed by atoms with Crippen LogP contribution in [0.4, 0.5) is 0 Å². The van der Waals surface area contributed by atoms with E-state index < -0.39 is 10.0 Å². The normalized spacial score (nSPS) is 19.9. The van der Waals surface area contributed by atoms with E-state index in [0.29, 0.717) is 18.1 Å². The van der Waals surface area contributed by atoms with E-state index in [9.17, 15) is 8.42 Å². The van der Waals surface area contributed by atoms with Crippen molar-refractivity contribution in [3.63, 3.8) is 0 Å². The van der Waals surface area contributed by atoms with Gasteiger partial charge in [0.05, 0.1) is 11.9 Å². The Morgan fingerprint density at radius 3 is 2.57 bits per heavy atom. The molecule has 118 valence electrons. The zero-order valence-electron chi connectivity index (χ0n) is 12.3. The van der Waals surface area contributed by atoms with Gasteiger partial charge in [-0.25, -0.2) is 8.42 Å². The highest BCUT2D eigenvalue weighted by Gasteiger charge is 2.25. The molecule has 0 unspecified atom stereocenters. The van der Waals surface area contributed by atoms with Crippen molar-refractivity contribution in [1.29, 1.82) is 0 Å². The van der Waals surface area contributed by atoms with E-state index in [1.54, 1.807) is 24.3 Å². The highest BCUT2D eigenvalue weighted by Crippen LogP contribution is 2.18. The maximum absolute atomic E-state index is 12.5. The smallest absolute Gasteiger partial charge is 0.218 e. The average molecular weight is 332 g/mol. The molecule has 0 radical (unpaired) electrons. The van der Waals surface area contributed by atoms with Crippen molar-refractivity contribution in [3.05, 3.63) is 34.9 Å². The summed E-state index contributed by atoms with van der Waals surface area (Å²) < 4.78 is 32.2. The molecule has 1 atom stereocenters. The summed E-state index contributed by atoms with van der Waals surface area (Å²) >= 11 is 5.83. The molecule has 2 rings (SSSR count). The second-order valence-corrected chi connectivity index (χ2v) is 7.73. The van der Waals surface area contributed by atoms with E-state index >= 15 is 0 Å². The van der Waals surface area contributed by atoms with Crippen LogP contribution in [0.5, 0.6) is 0 Å². The van der Waals surface area contributed by atoms with Crippen LogP contribution in [0.15, 0.2) is 24.3 Å². The average Bonchev–Trinajstić information content (AvgIpc) is 2.48. The van der Waals surface area contributed by atoms with Gasteiger partial charge in [0.25, 0.3) is 0 Å². The minimum atomic E-state index is -3.33. The topological polar surface area (TPSA) is 46.6 Å². The van der Waals surface area contributed by atoms with E-state index in [1.165, 1.54) is 4.31 Å². The number of hydrogen-bond acceptors (Lipinski definition) is 3. The van der Waals surface area contributed by atoms with Gasteiger partial charge in [-0.1, -0.05) is 30.7 Å². The van der Waals surface area contributed by atoms with Gasteiger partial charge in [-0.2, -0.15) is 4.31 Å². The Balaban J connectivity index is 2.02. The molecule has 1 aliphatic rings. The Bertz CT molecular complexity index is 539. The van der Waals surface area contributed by atoms with Crippen LogP contribution in [0.1, 0.15) is 31.7 Å². The van der Waals surface area contributed by atoms with Crippen LogP contribution in [-0.4, -0.2) is 38.5 Å². The Hall–Kier alpha value is -0.620. The molecular weight excluding hydrogens is 310 g/mol. The minimum absolute atomic E-state index is 0.00469. The molecular formula is C15H22ClNO3S. The van der Waals surface area contributed by atoms with Crippen LogP contribution >= 0.6 is 11.6 Å². The zero-order valence-corrected chi connectivity index (χ0v) is 13.9. The van der Waals surface area contributed by atoms with Gasteiger partial charge in [-0.15, -0.1) is 0 Å². The molecule has 21 heavy (non-hydrogen) atoms. The summed E-state index contributed by atoms with van der Waals surface area (Å²) in [5.41, 5.74) is 0.752. The van der Waals surface area contributed by atoms with Gasteiger partial charge < -0.3 is 4.74 Å². The minimum Gasteiger partial charge on any atom is -0.377 e. The number of halogens is 1. The lowest BCUT2D eigenvalue weighted by atomic mass is 10.1. The molecule has 1 aromatic carbocycles. The Kier molecular flexibility index (Phi) is 6.05. The first-order valence-electron chi connectivity index (χ1n) is 7.35. The third-order valence-corrected chi connectivity index (χ3v) is 5.83. The first-order valence-corrected chi connectivity index (χ1v) is 9.34. The van der Waals surface area contributed by atoms with Gasteiger partial charge in [0.2, 0.25) is 10.0 Å². The third kappa shape index (κ3) is 4.95. The number of rotatable bonds is 6. The van der Waals surface area contributed by atoms with Crippen LogP contribution in [0, 0.1) is 0 Å². The number of ether oxygens (including phenoxy) is 1. The molecule has 6 heteroatoms. The Labute approximate surface area is 132 Å². The molecule has 4 nitrogen and oxygen atoms in total. The summed E-state index contributed by atoms with van der Waals surface area (Å²) in [6, 6.07) is 6.94. The fourth-order valence-corrected chi connectivity index (χ4v) is 4.21. The Morgan fingerprint density at radius 2 is 2.00 bits per heavy atom. The van der Waals surface area contributed by atoms with Crippen molar-refractivity contribution < 1.29 is 13.2 Å². The highest BCUT2D eigenvalue weighted by molar-refractivity contribution is 7.88. The van der Waals surface area contributed by atoms with E-state index in [-0.39, 0.29) is 11.9 Å². The molecule has 0 spiro atoms. The van der Waals surface area contributed by atoms with Crippen molar-refractivity contribution >= 4 is 21.6 Å². The number of nitrogens with zero attached hydrogens (tertiary/aromatic N) is 1. The molecule has 0 N–H and O–H groups in total. The van der Waals surface area contributed by atoms with E-state index in [0.717, 1.165) is 31.4 Å². The second-order valence-electron chi connectivity index (χ2n) is 5.32. The van der Waals surface area contributed by atoms with Crippen molar-refractivity contribution in [2.24, 2.45) is 0 Å². The predicted molar refractivity (Wildman–Crippen MR) is 84.9 cm³/mol. The second kappa shape index (κ2) is 7.58. The summed E-state index contributed by atoms with van der Waals surface area (Å²) in [6.45, 7) is 3.52. The zero-order chi connectivity index (χ0) is 15.3. The van der Waals surface area contributed by atoms with Crippen molar-refractivity contribution in [1.82, 2.24) is 4.31 Å². The first-order chi connectivity index (χ1) is 10.0. The molecule has 0 bridgehead atoms. The Morgan fingerprint density at radius 1 is 1.29 bits per heavy atom. The van der Waals surface area contributed by atoms with E-state index in [4.69, 9.17) is 16.3 Å². The number of likely N-dealkylation sites (N-methyl/N-ethyl adjacent to an activating group) is 1. The maximum Gasteiger partial charge on any atom is 0.218 e. The van der Waals surface area contributed by atoms with Crippen LogP contribution in [-0.2, 0) is 20.5 Å². The van der Waals surface area contributed by atoms with Gasteiger partial charge in [0.1, 0.15) is 0 Å². The van der Waals surface area contributed by atoms with E-state index in [2.05, 4.69) is 0 Å². The van der Waals surface area contributed by atoms with Crippen molar-refractivity contribution in [3.8, 4) is 0 Å². The fraction of sp³-hybridized carbons (Fsp3) is 0.600. The van der Waals surface area contributed by atoms with Crippen molar-refractivity contribution in [2.75, 3.05) is 19.7 Å². The van der Waals surface area contributed by atoms with Gasteiger partial charge >= 0.3 is 0 Å². The molecule has 1 fully saturated rings. The summed E-state index contributed by atoms with van der Waals surface area (Å²) in [4.78, 5) is 0. The SMILES string of the molecule is CCN(C[C@H]1CCCCO1)S(=O)(=O)Cc1ccc(Cl)cc1. The molecule has 0 saturated carbocycles. The van der Waals surface area contributed by atoms with Gasteiger partial charge in [0.15, 0.2) is 0 Å². The van der Waals surface area contributed by atoms with Gasteiger partial charge in [0, 0.05) is 24.7 Å². The molecule has 1 aromatic rings. The fourth-order valence-electron chi connectivity index (χ4n) is 2.50. The molecule has 1 heterocycles. The number of benzene rings is 1. The molecule has 0 aliphatic carbocycles. The lowest BCUT2D eigenvalue weighted by Gasteiger charge is -2.28. The number of sulfonamides is 1. The van der Waals surface area contributed by atoms with Crippen LogP contribution in [0.2, 0.25) is 5.02 Å². The van der Waals surface area contributed by atoms with Crippen LogP contribution in [0.3, 0.4) is 0 Å².